The van der Waals surface area contributed by atoms with Gasteiger partial charge in [0.05, 0.1) is 17.6 Å². The quantitative estimate of drug-likeness (QED) is 0.629. The SMILES string of the molecule is Cc1ccc(=O)n(CCN2CCN(c3nc4ncccc4c(=O)n3C)CC2)n1. The van der Waals surface area contributed by atoms with Crippen LogP contribution in [-0.2, 0) is 13.6 Å². The van der Waals surface area contributed by atoms with E-state index in [0.717, 1.165) is 38.4 Å². The maximum Gasteiger partial charge on any atom is 0.266 e. The lowest BCUT2D eigenvalue weighted by atomic mass is 10.3. The molecule has 146 valence electrons. The summed E-state index contributed by atoms with van der Waals surface area (Å²) in [5.74, 6) is 0.646. The Morgan fingerprint density at radius 2 is 1.82 bits per heavy atom. The minimum atomic E-state index is -0.0829. The van der Waals surface area contributed by atoms with Crippen LogP contribution < -0.4 is 16.0 Å². The highest BCUT2D eigenvalue weighted by molar-refractivity contribution is 5.74. The zero-order chi connectivity index (χ0) is 19.7. The van der Waals surface area contributed by atoms with Crippen LogP contribution in [0.5, 0.6) is 0 Å². The minimum Gasteiger partial charge on any atom is -0.340 e. The fourth-order valence-corrected chi connectivity index (χ4v) is 3.50. The fourth-order valence-electron chi connectivity index (χ4n) is 3.50. The number of fused-ring (bicyclic) bond motifs is 1. The van der Waals surface area contributed by atoms with E-state index in [2.05, 4.69) is 24.9 Å². The molecule has 1 saturated heterocycles. The van der Waals surface area contributed by atoms with E-state index in [9.17, 15) is 9.59 Å². The number of nitrogens with zero attached hydrogens (tertiary/aromatic N) is 7. The first-order valence-electron chi connectivity index (χ1n) is 9.37. The van der Waals surface area contributed by atoms with Crippen molar-refractivity contribution in [3.05, 3.63) is 56.9 Å². The van der Waals surface area contributed by atoms with Crippen molar-refractivity contribution in [2.75, 3.05) is 37.6 Å². The smallest absolute Gasteiger partial charge is 0.266 e. The molecule has 1 aliphatic rings. The predicted octanol–water partition coefficient (Wildman–Crippen LogP) is 0.0158. The zero-order valence-corrected chi connectivity index (χ0v) is 16.1. The number of piperazine rings is 1. The molecule has 28 heavy (non-hydrogen) atoms. The van der Waals surface area contributed by atoms with E-state index in [-0.39, 0.29) is 11.1 Å². The van der Waals surface area contributed by atoms with Crippen LogP contribution in [0.4, 0.5) is 5.95 Å². The first-order valence-corrected chi connectivity index (χ1v) is 9.37. The Labute approximate surface area is 161 Å². The van der Waals surface area contributed by atoms with Gasteiger partial charge in [-0.05, 0) is 25.1 Å². The summed E-state index contributed by atoms with van der Waals surface area (Å²) in [4.78, 5) is 37.7. The molecule has 0 amide bonds. The highest BCUT2D eigenvalue weighted by Gasteiger charge is 2.21. The molecule has 0 spiro atoms. The van der Waals surface area contributed by atoms with Gasteiger partial charge in [-0.15, -0.1) is 0 Å². The number of anilines is 1. The van der Waals surface area contributed by atoms with Gasteiger partial charge in [-0.3, -0.25) is 19.1 Å². The Morgan fingerprint density at radius 1 is 1.04 bits per heavy atom. The van der Waals surface area contributed by atoms with Gasteiger partial charge < -0.3 is 4.90 Å². The molecular formula is C19H23N7O2. The highest BCUT2D eigenvalue weighted by atomic mass is 16.1. The van der Waals surface area contributed by atoms with E-state index in [1.807, 2.05) is 6.92 Å². The summed E-state index contributed by atoms with van der Waals surface area (Å²) >= 11 is 0. The van der Waals surface area contributed by atoms with E-state index >= 15 is 0 Å². The van der Waals surface area contributed by atoms with Crippen molar-refractivity contribution in [1.82, 2.24) is 29.2 Å². The molecule has 9 heteroatoms. The number of hydrogen-bond donors (Lipinski definition) is 0. The highest BCUT2D eigenvalue weighted by Crippen LogP contribution is 2.14. The molecule has 4 rings (SSSR count). The van der Waals surface area contributed by atoms with Crippen LogP contribution >= 0.6 is 0 Å². The Bertz CT molecular complexity index is 1110. The predicted molar refractivity (Wildman–Crippen MR) is 107 cm³/mol. The fraction of sp³-hybridized carbons (Fsp3) is 0.421. The van der Waals surface area contributed by atoms with Gasteiger partial charge in [-0.25, -0.2) is 9.67 Å². The van der Waals surface area contributed by atoms with Crippen molar-refractivity contribution >= 4 is 17.0 Å². The van der Waals surface area contributed by atoms with Gasteiger partial charge >= 0.3 is 0 Å². The van der Waals surface area contributed by atoms with Gasteiger partial charge in [0.2, 0.25) is 5.95 Å². The number of pyridine rings is 1. The average molecular weight is 381 g/mol. The van der Waals surface area contributed by atoms with Gasteiger partial charge in [-0.1, -0.05) is 0 Å². The normalized spacial score (nSPS) is 15.3. The number of aromatic nitrogens is 5. The van der Waals surface area contributed by atoms with Crippen LogP contribution in [0.25, 0.3) is 11.0 Å². The maximum absolute atomic E-state index is 12.6. The van der Waals surface area contributed by atoms with Crippen LogP contribution in [0.3, 0.4) is 0 Å². The third-order valence-electron chi connectivity index (χ3n) is 5.11. The topological polar surface area (TPSA) is 89.2 Å². The minimum absolute atomic E-state index is 0.0768. The summed E-state index contributed by atoms with van der Waals surface area (Å²) in [6.07, 6.45) is 1.65. The number of hydrogen-bond acceptors (Lipinski definition) is 7. The van der Waals surface area contributed by atoms with E-state index in [4.69, 9.17) is 0 Å². The molecule has 1 fully saturated rings. The second-order valence-electron chi connectivity index (χ2n) is 7.02. The standard InChI is InChI=1S/C19H23N7O2/c1-14-5-6-16(27)26(22-14)13-10-24-8-11-25(12-9-24)19-21-17-15(4-3-7-20-17)18(28)23(19)2/h3-7H,8-13H2,1-2H3. The Hall–Kier alpha value is -3.07. The van der Waals surface area contributed by atoms with Gasteiger partial charge in [-0.2, -0.15) is 10.1 Å². The van der Waals surface area contributed by atoms with Crippen molar-refractivity contribution in [1.29, 1.82) is 0 Å². The van der Waals surface area contributed by atoms with Crippen LogP contribution in [0.15, 0.2) is 40.1 Å². The first-order chi connectivity index (χ1) is 13.5. The summed E-state index contributed by atoms with van der Waals surface area (Å²) in [6.45, 7) is 6.38. The molecule has 0 saturated carbocycles. The molecule has 4 heterocycles. The van der Waals surface area contributed by atoms with Crippen LogP contribution in [0.2, 0.25) is 0 Å². The largest absolute Gasteiger partial charge is 0.340 e. The molecule has 0 aliphatic carbocycles. The molecule has 0 N–H and O–H groups in total. The molecular weight excluding hydrogens is 358 g/mol. The third kappa shape index (κ3) is 3.53. The van der Waals surface area contributed by atoms with E-state index in [0.29, 0.717) is 23.5 Å². The Morgan fingerprint density at radius 3 is 2.61 bits per heavy atom. The lowest BCUT2D eigenvalue weighted by Gasteiger charge is -2.35. The van der Waals surface area contributed by atoms with Crippen molar-refractivity contribution in [3.8, 4) is 0 Å². The van der Waals surface area contributed by atoms with E-state index in [1.165, 1.54) is 4.68 Å². The second-order valence-corrected chi connectivity index (χ2v) is 7.02. The lowest BCUT2D eigenvalue weighted by Crippen LogP contribution is -2.49. The van der Waals surface area contributed by atoms with Gasteiger partial charge in [0, 0.05) is 52.0 Å². The molecule has 0 bridgehead atoms. The number of aryl methyl sites for hydroxylation is 1. The molecule has 3 aromatic heterocycles. The van der Waals surface area contributed by atoms with Crippen molar-refractivity contribution in [3.63, 3.8) is 0 Å². The number of rotatable bonds is 4. The molecule has 0 atom stereocenters. The Kier molecular flexibility index (Phi) is 4.91. The summed E-state index contributed by atoms with van der Waals surface area (Å²) in [7, 11) is 1.75. The van der Waals surface area contributed by atoms with Crippen LogP contribution in [0, 0.1) is 6.92 Å². The summed E-state index contributed by atoms with van der Waals surface area (Å²) in [5.41, 5.74) is 1.15. The molecule has 0 aromatic carbocycles. The van der Waals surface area contributed by atoms with Gasteiger partial charge in [0.1, 0.15) is 0 Å². The van der Waals surface area contributed by atoms with Crippen molar-refractivity contribution < 1.29 is 0 Å². The van der Waals surface area contributed by atoms with E-state index in [1.54, 1.807) is 42.1 Å². The maximum atomic E-state index is 12.6. The second kappa shape index (κ2) is 7.51. The third-order valence-corrected chi connectivity index (χ3v) is 5.11. The van der Waals surface area contributed by atoms with Gasteiger partial charge in [0.15, 0.2) is 5.65 Å². The van der Waals surface area contributed by atoms with Gasteiger partial charge in [0.25, 0.3) is 11.1 Å². The Balaban J connectivity index is 1.44. The first kappa shape index (κ1) is 18.3. The summed E-state index contributed by atoms with van der Waals surface area (Å²) in [5, 5.41) is 4.81. The zero-order valence-electron chi connectivity index (χ0n) is 16.1. The summed E-state index contributed by atoms with van der Waals surface area (Å²) < 4.78 is 3.11. The molecule has 3 aromatic rings. The molecule has 0 radical (unpaired) electrons. The monoisotopic (exact) mass is 381 g/mol. The average Bonchev–Trinajstić information content (AvgIpc) is 2.72. The van der Waals surface area contributed by atoms with Crippen molar-refractivity contribution in [2.45, 2.75) is 13.5 Å². The summed E-state index contributed by atoms with van der Waals surface area (Å²) in [6, 6.07) is 6.78. The molecule has 0 unspecified atom stereocenters. The van der Waals surface area contributed by atoms with Crippen LogP contribution in [0.1, 0.15) is 5.69 Å². The van der Waals surface area contributed by atoms with Crippen molar-refractivity contribution in [2.24, 2.45) is 7.05 Å². The lowest BCUT2D eigenvalue weighted by molar-refractivity contribution is 0.241. The van der Waals surface area contributed by atoms with E-state index < -0.39 is 0 Å². The van der Waals surface area contributed by atoms with Crippen LogP contribution in [-0.4, -0.2) is 61.9 Å². The molecule has 9 nitrogen and oxygen atoms in total. The molecule has 1 aliphatic heterocycles.